The van der Waals surface area contributed by atoms with Crippen LogP contribution in [0.15, 0.2) is 12.4 Å². The Balaban J connectivity index is 2.11. The summed E-state index contributed by atoms with van der Waals surface area (Å²) in [5.74, 6) is 0.898. The Hall–Kier alpha value is -1.01. The summed E-state index contributed by atoms with van der Waals surface area (Å²) in [6, 6.07) is 0. The monoisotopic (exact) mass is 273 g/mol. The number of imidazole rings is 1. The van der Waals surface area contributed by atoms with Crippen LogP contribution in [0.5, 0.6) is 0 Å². The molecule has 19 heavy (non-hydrogen) atoms. The van der Waals surface area contributed by atoms with Gasteiger partial charge in [-0.15, -0.1) is 0 Å². The summed E-state index contributed by atoms with van der Waals surface area (Å²) in [5.41, 5.74) is -0.293. The van der Waals surface area contributed by atoms with Crippen molar-refractivity contribution >= 4 is 0 Å². The van der Waals surface area contributed by atoms with E-state index < -0.39 is 6.55 Å². The smallest absolute Gasteiger partial charge is 0.319 e. The maximum atomic E-state index is 12.8. The number of aliphatic hydroxyl groups is 1. The van der Waals surface area contributed by atoms with Crippen molar-refractivity contribution in [3.8, 4) is 0 Å². The molecule has 0 saturated heterocycles. The maximum absolute atomic E-state index is 12.8. The van der Waals surface area contributed by atoms with E-state index in [0.29, 0.717) is 18.3 Å². The molecule has 4 nitrogen and oxygen atoms in total. The molecule has 1 aliphatic carbocycles. The quantitative estimate of drug-likeness (QED) is 0.894. The average molecular weight is 273 g/mol. The largest absolute Gasteiger partial charge is 0.394 e. The zero-order chi connectivity index (χ0) is 14.0. The molecule has 1 aromatic heterocycles. The second-order valence-corrected chi connectivity index (χ2v) is 5.61. The molecule has 1 heterocycles. The van der Waals surface area contributed by atoms with Gasteiger partial charge in [0.2, 0.25) is 0 Å². The lowest BCUT2D eigenvalue weighted by Crippen LogP contribution is -2.47. The van der Waals surface area contributed by atoms with Crippen LogP contribution in [0.1, 0.15) is 38.6 Å². The lowest BCUT2D eigenvalue weighted by atomic mass is 9.95. The van der Waals surface area contributed by atoms with Gasteiger partial charge in [0.15, 0.2) is 0 Å². The highest BCUT2D eigenvalue weighted by atomic mass is 19.3. The van der Waals surface area contributed by atoms with Crippen LogP contribution in [-0.4, -0.2) is 38.8 Å². The molecule has 0 bridgehead atoms. The molecule has 0 spiro atoms. The Bertz CT molecular complexity index is 424. The summed E-state index contributed by atoms with van der Waals surface area (Å²) in [4.78, 5) is 5.96. The van der Waals surface area contributed by atoms with E-state index >= 15 is 0 Å². The average Bonchev–Trinajstić information content (AvgIpc) is 2.96. The first-order valence-electron chi connectivity index (χ1n) is 6.60. The van der Waals surface area contributed by atoms with Crippen LogP contribution in [0.2, 0.25) is 0 Å². The number of nitrogens with zero attached hydrogens (tertiary/aromatic N) is 3. The number of aromatic nitrogens is 2. The van der Waals surface area contributed by atoms with Crippen molar-refractivity contribution in [1.29, 1.82) is 0 Å². The van der Waals surface area contributed by atoms with Crippen molar-refractivity contribution in [2.24, 2.45) is 5.92 Å². The minimum absolute atomic E-state index is 0.0588. The fraction of sp³-hybridized carbons (Fsp3) is 0.769. The minimum atomic E-state index is -2.57. The van der Waals surface area contributed by atoms with Crippen molar-refractivity contribution in [2.45, 2.75) is 44.8 Å². The molecule has 1 fully saturated rings. The van der Waals surface area contributed by atoms with Crippen LogP contribution in [0, 0.1) is 5.92 Å². The van der Waals surface area contributed by atoms with E-state index in [2.05, 4.69) is 11.9 Å². The van der Waals surface area contributed by atoms with Crippen LogP contribution in [-0.2, 0) is 6.54 Å². The summed E-state index contributed by atoms with van der Waals surface area (Å²) >= 11 is 0. The Morgan fingerprint density at radius 2 is 2.37 bits per heavy atom. The van der Waals surface area contributed by atoms with Gasteiger partial charge >= 0.3 is 6.55 Å². The molecule has 1 aromatic rings. The number of aliphatic hydroxyl groups excluding tert-OH is 1. The van der Waals surface area contributed by atoms with Crippen LogP contribution < -0.4 is 0 Å². The van der Waals surface area contributed by atoms with Gasteiger partial charge in [0.25, 0.3) is 0 Å². The molecule has 0 unspecified atom stereocenters. The number of alkyl halides is 2. The highest BCUT2D eigenvalue weighted by Gasteiger charge is 2.40. The van der Waals surface area contributed by atoms with E-state index in [1.54, 1.807) is 0 Å². The zero-order valence-electron chi connectivity index (χ0n) is 11.4. The topological polar surface area (TPSA) is 41.3 Å². The van der Waals surface area contributed by atoms with Crippen LogP contribution in [0.25, 0.3) is 0 Å². The first-order chi connectivity index (χ1) is 8.98. The van der Waals surface area contributed by atoms with E-state index in [4.69, 9.17) is 0 Å². The lowest BCUT2D eigenvalue weighted by molar-refractivity contribution is 0.0331. The number of rotatable bonds is 5. The van der Waals surface area contributed by atoms with Gasteiger partial charge in [-0.3, -0.25) is 9.47 Å². The third-order valence-electron chi connectivity index (χ3n) is 4.27. The number of hydrogen-bond acceptors (Lipinski definition) is 3. The van der Waals surface area contributed by atoms with Gasteiger partial charge in [0.05, 0.1) is 13.2 Å². The minimum Gasteiger partial charge on any atom is -0.394 e. The van der Waals surface area contributed by atoms with Crippen molar-refractivity contribution in [1.82, 2.24) is 14.5 Å². The highest BCUT2D eigenvalue weighted by Crippen LogP contribution is 2.38. The molecule has 1 N–H and O–H groups in total. The molecule has 0 amide bonds. The van der Waals surface area contributed by atoms with Gasteiger partial charge in [-0.2, -0.15) is 8.78 Å². The van der Waals surface area contributed by atoms with Gasteiger partial charge < -0.3 is 5.11 Å². The second kappa shape index (κ2) is 5.54. The van der Waals surface area contributed by atoms with Crippen molar-refractivity contribution in [3.05, 3.63) is 18.2 Å². The molecule has 1 aliphatic rings. The summed E-state index contributed by atoms with van der Waals surface area (Å²) in [6.07, 6.45) is 5.54. The Morgan fingerprint density at radius 1 is 1.63 bits per heavy atom. The van der Waals surface area contributed by atoms with Gasteiger partial charge in [0, 0.05) is 17.9 Å². The number of halogens is 2. The fourth-order valence-corrected chi connectivity index (χ4v) is 3.00. The SMILES string of the molecule is C[C@H]1CC[C@](CO)(N(C)Cc2nccn2C(F)F)C1. The molecule has 0 aromatic carbocycles. The van der Waals surface area contributed by atoms with Gasteiger partial charge in [-0.1, -0.05) is 6.92 Å². The zero-order valence-corrected chi connectivity index (χ0v) is 11.4. The number of hydrogen-bond donors (Lipinski definition) is 1. The third-order valence-corrected chi connectivity index (χ3v) is 4.27. The first kappa shape index (κ1) is 14.4. The molecule has 6 heteroatoms. The third kappa shape index (κ3) is 2.79. The van der Waals surface area contributed by atoms with E-state index in [1.807, 2.05) is 11.9 Å². The number of likely N-dealkylation sites (N-methyl/N-ethyl adjacent to an activating group) is 1. The molecule has 0 aliphatic heterocycles. The van der Waals surface area contributed by atoms with E-state index in [-0.39, 0.29) is 12.1 Å². The van der Waals surface area contributed by atoms with Crippen LogP contribution >= 0.6 is 0 Å². The van der Waals surface area contributed by atoms with Gasteiger partial charge in [-0.05, 0) is 32.2 Å². The molecule has 108 valence electrons. The molecule has 0 radical (unpaired) electrons. The Morgan fingerprint density at radius 3 is 2.89 bits per heavy atom. The Labute approximate surface area is 112 Å². The lowest BCUT2D eigenvalue weighted by Gasteiger charge is -2.37. The van der Waals surface area contributed by atoms with Crippen molar-refractivity contribution < 1.29 is 13.9 Å². The molecule has 2 atom stereocenters. The predicted molar refractivity (Wildman–Crippen MR) is 67.8 cm³/mol. The fourth-order valence-electron chi connectivity index (χ4n) is 3.00. The van der Waals surface area contributed by atoms with Crippen LogP contribution in [0.4, 0.5) is 8.78 Å². The maximum Gasteiger partial charge on any atom is 0.319 e. The molecule has 2 rings (SSSR count). The summed E-state index contributed by atoms with van der Waals surface area (Å²) in [5, 5.41) is 9.69. The predicted octanol–water partition coefficient (Wildman–Crippen LogP) is 2.26. The van der Waals surface area contributed by atoms with E-state index in [0.717, 1.165) is 23.8 Å². The summed E-state index contributed by atoms with van der Waals surface area (Å²) < 4.78 is 26.4. The van der Waals surface area contributed by atoms with Gasteiger partial charge in [-0.25, -0.2) is 4.98 Å². The summed E-state index contributed by atoms with van der Waals surface area (Å²) in [7, 11) is 1.87. The second-order valence-electron chi connectivity index (χ2n) is 5.61. The Kier molecular flexibility index (Phi) is 4.20. The molecular weight excluding hydrogens is 252 g/mol. The molecule has 1 saturated carbocycles. The highest BCUT2D eigenvalue weighted by molar-refractivity contribution is 4.99. The van der Waals surface area contributed by atoms with Crippen molar-refractivity contribution in [2.75, 3.05) is 13.7 Å². The standard InChI is InChI=1S/C13H21F2N3O/c1-10-3-4-13(7-10,9-19)17(2)8-11-16-5-6-18(11)12(14)15/h5-6,10,12,19H,3-4,7-9H2,1-2H3/t10-,13-/m0/s1. The normalized spacial score (nSPS) is 27.6. The van der Waals surface area contributed by atoms with Gasteiger partial charge in [0.1, 0.15) is 5.82 Å². The van der Waals surface area contributed by atoms with Crippen LogP contribution in [0.3, 0.4) is 0 Å². The molecular formula is C13H21F2N3O. The van der Waals surface area contributed by atoms with E-state index in [1.165, 1.54) is 12.4 Å². The summed E-state index contributed by atoms with van der Waals surface area (Å²) in [6.45, 7) is -0.0300. The van der Waals surface area contributed by atoms with E-state index in [9.17, 15) is 13.9 Å². The first-order valence-corrected chi connectivity index (χ1v) is 6.60. The van der Waals surface area contributed by atoms with Crippen molar-refractivity contribution in [3.63, 3.8) is 0 Å².